The summed E-state index contributed by atoms with van der Waals surface area (Å²) < 4.78 is 29.3. The van der Waals surface area contributed by atoms with Crippen molar-refractivity contribution >= 4 is 24.7 Å². The normalized spacial score (nSPS) is 11.3. The molecule has 0 radical (unpaired) electrons. The van der Waals surface area contributed by atoms with E-state index in [2.05, 4.69) is 0 Å². The van der Waals surface area contributed by atoms with Crippen LogP contribution in [0.1, 0.15) is 0 Å². The predicted molar refractivity (Wildman–Crippen MR) is 146 cm³/mol. The van der Waals surface area contributed by atoms with Gasteiger partial charge in [-0.2, -0.15) is 4.89 Å². The molecular formula is C27H29N3O6P+. The maximum Gasteiger partial charge on any atom is 0.546 e. The molecule has 0 aliphatic heterocycles. The molecule has 1 heterocycles. The van der Waals surface area contributed by atoms with E-state index in [0.29, 0.717) is 22.6 Å². The van der Waals surface area contributed by atoms with Crippen LogP contribution in [0.4, 0.5) is 11.4 Å². The van der Waals surface area contributed by atoms with Crippen LogP contribution in [0, 0.1) is 0 Å². The first-order valence-corrected chi connectivity index (χ1v) is 12.6. The van der Waals surface area contributed by atoms with Crippen molar-refractivity contribution in [1.29, 1.82) is 0 Å². The lowest BCUT2D eigenvalue weighted by Crippen LogP contribution is -2.12. The van der Waals surface area contributed by atoms with Crippen LogP contribution in [0.15, 0.2) is 59.0 Å². The van der Waals surface area contributed by atoms with Crippen LogP contribution in [0.2, 0.25) is 0 Å². The largest absolute Gasteiger partial charge is 0.546 e. The highest BCUT2D eigenvalue weighted by Gasteiger charge is 2.30. The molecular weight excluding hydrogens is 493 g/mol. The Morgan fingerprint density at radius 3 is 1.92 bits per heavy atom. The number of nitrogens with zero attached hydrogens (tertiary/aromatic N) is 3. The van der Waals surface area contributed by atoms with Gasteiger partial charge < -0.3 is 28.8 Å². The van der Waals surface area contributed by atoms with Crippen molar-refractivity contribution in [3.8, 4) is 51.3 Å². The zero-order chi connectivity index (χ0) is 26.9. The lowest BCUT2D eigenvalue weighted by Gasteiger charge is -2.13. The second-order valence-electron chi connectivity index (χ2n) is 8.74. The monoisotopic (exact) mass is 522 g/mol. The average Bonchev–Trinajstić information content (AvgIpc) is 3.33. The highest BCUT2D eigenvalue weighted by atomic mass is 31.1. The maximum absolute atomic E-state index is 12.4. The molecule has 0 saturated carbocycles. The number of hydrogen-bond acceptors (Lipinski definition) is 8. The molecule has 0 bridgehead atoms. The molecule has 3 aromatic carbocycles. The molecule has 9 nitrogen and oxygen atoms in total. The van der Waals surface area contributed by atoms with Crippen LogP contribution in [0.5, 0.6) is 17.2 Å². The third kappa shape index (κ3) is 5.09. The molecule has 2 N–H and O–H groups in total. The summed E-state index contributed by atoms with van der Waals surface area (Å²) in [6.07, 6.45) is 0. The number of oxazole rings is 1. The van der Waals surface area contributed by atoms with Gasteiger partial charge in [0.1, 0.15) is 5.69 Å². The van der Waals surface area contributed by atoms with Gasteiger partial charge in [0, 0.05) is 56.8 Å². The first-order chi connectivity index (χ1) is 17.6. The lowest BCUT2D eigenvalue weighted by atomic mass is 10.0. The number of rotatable bonds is 8. The Labute approximate surface area is 216 Å². The van der Waals surface area contributed by atoms with Gasteiger partial charge in [-0.25, -0.2) is 4.98 Å². The number of aromatic hydroxyl groups is 1. The molecule has 192 valence electrons. The van der Waals surface area contributed by atoms with Crippen molar-refractivity contribution < 1.29 is 28.5 Å². The second-order valence-corrected chi connectivity index (χ2v) is 9.76. The van der Waals surface area contributed by atoms with E-state index in [1.807, 2.05) is 68.3 Å². The van der Waals surface area contributed by atoms with Crippen molar-refractivity contribution in [2.24, 2.45) is 0 Å². The van der Waals surface area contributed by atoms with E-state index in [1.54, 1.807) is 24.3 Å². The molecule has 1 aromatic heterocycles. The molecule has 1 unspecified atom stereocenters. The lowest BCUT2D eigenvalue weighted by molar-refractivity contribution is 0.340. The van der Waals surface area contributed by atoms with E-state index < -0.39 is 8.03 Å². The summed E-state index contributed by atoms with van der Waals surface area (Å²) >= 11 is 0. The van der Waals surface area contributed by atoms with E-state index in [4.69, 9.17) is 18.9 Å². The topological polar surface area (TPSA) is 109 Å². The van der Waals surface area contributed by atoms with E-state index in [9.17, 15) is 14.6 Å². The Kier molecular flexibility index (Phi) is 7.38. The van der Waals surface area contributed by atoms with E-state index in [-0.39, 0.29) is 28.4 Å². The van der Waals surface area contributed by atoms with E-state index in [1.165, 1.54) is 14.2 Å². The standard InChI is InChI=1S/C27H28N3O6P/c1-29(2)18-9-7-16(8-10-18)24-26(20-12-11-19(30(3)4)15-23(20)37(32)33)36-27(28-24)17-13-21(34-5)25(31)22(14-17)35-6/h7-15H,1-6H3,(H-,28,31,32,33)/p+1. The van der Waals surface area contributed by atoms with Gasteiger partial charge in [-0.3, -0.25) is 0 Å². The Morgan fingerprint density at radius 2 is 1.41 bits per heavy atom. The molecule has 10 heteroatoms. The third-order valence-corrected chi connectivity index (χ3v) is 6.74. The molecule has 0 aliphatic rings. The Hall–Kier alpha value is -4.07. The number of phenolic OH excluding ortho intramolecular Hbond substituents is 1. The highest BCUT2D eigenvalue weighted by Crippen LogP contribution is 2.43. The zero-order valence-electron chi connectivity index (χ0n) is 21.5. The molecule has 1 atom stereocenters. The number of phenols is 1. The van der Waals surface area contributed by atoms with Crippen molar-refractivity contribution in [2.75, 3.05) is 52.2 Å². The Bertz CT molecular complexity index is 1420. The summed E-state index contributed by atoms with van der Waals surface area (Å²) in [5.74, 6) is 0.824. The zero-order valence-corrected chi connectivity index (χ0v) is 22.4. The first-order valence-electron chi connectivity index (χ1n) is 11.4. The molecule has 4 rings (SSSR count). The molecule has 4 aromatic rings. The first kappa shape index (κ1) is 26.0. The van der Waals surface area contributed by atoms with Crippen molar-refractivity contribution in [3.63, 3.8) is 0 Å². The van der Waals surface area contributed by atoms with E-state index >= 15 is 0 Å². The fraction of sp³-hybridized carbons (Fsp3) is 0.222. The maximum atomic E-state index is 12.4. The summed E-state index contributed by atoms with van der Waals surface area (Å²) in [4.78, 5) is 18.8. The highest BCUT2D eigenvalue weighted by molar-refractivity contribution is 7.47. The minimum absolute atomic E-state index is 0.140. The number of ether oxygens (including phenoxy) is 2. The fourth-order valence-corrected chi connectivity index (χ4v) is 4.53. The van der Waals surface area contributed by atoms with Crippen molar-refractivity contribution in [2.45, 2.75) is 0 Å². The van der Waals surface area contributed by atoms with Crippen molar-refractivity contribution in [3.05, 3.63) is 54.6 Å². The number of hydrogen-bond donors (Lipinski definition) is 2. The van der Waals surface area contributed by atoms with Gasteiger partial charge in [0.15, 0.2) is 17.3 Å². The molecule has 37 heavy (non-hydrogen) atoms. The minimum atomic E-state index is -2.69. The fourth-order valence-electron chi connectivity index (χ4n) is 3.90. The second kappa shape index (κ2) is 10.5. The van der Waals surface area contributed by atoms with Gasteiger partial charge in [0.2, 0.25) is 16.9 Å². The molecule has 0 amide bonds. The molecule has 0 spiro atoms. The van der Waals surface area contributed by atoms with Crippen LogP contribution in [-0.4, -0.2) is 57.4 Å². The third-order valence-electron chi connectivity index (χ3n) is 5.96. The number of anilines is 2. The average molecular weight is 523 g/mol. The summed E-state index contributed by atoms with van der Waals surface area (Å²) in [6, 6.07) is 16.2. The SMILES string of the molecule is COc1cc(-c2nc(-c3ccc(N(C)C)cc3)c(-c3ccc(N(C)C)cc3[P+](=O)O)o2)cc(OC)c1O. The Balaban J connectivity index is 1.98. The Morgan fingerprint density at radius 1 is 0.838 bits per heavy atom. The van der Waals surface area contributed by atoms with Crippen molar-refractivity contribution in [1.82, 2.24) is 4.98 Å². The summed E-state index contributed by atoms with van der Waals surface area (Å²) in [6.45, 7) is 0. The summed E-state index contributed by atoms with van der Waals surface area (Å²) in [5, 5.41) is 10.6. The molecule has 0 fully saturated rings. The van der Waals surface area contributed by atoms with Gasteiger partial charge in [-0.05, 0) is 41.0 Å². The van der Waals surface area contributed by atoms with Gasteiger partial charge in [-0.1, -0.05) is 12.1 Å². The van der Waals surface area contributed by atoms with E-state index in [0.717, 1.165) is 16.9 Å². The summed E-state index contributed by atoms with van der Waals surface area (Å²) in [7, 11) is 7.82. The predicted octanol–water partition coefficient (Wildman–Crippen LogP) is 4.89. The van der Waals surface area contributed by atoms with Gasteiger partial charge in [0.05, 0.1) is 19.8 Å². The number of methoxy groups -OCH3 is 2. The minimum Gasteiger partial charge on any atom is -0.502 e. The molecule has 0 saturated heterocycles. The number of benzene rings is 3. The van der Waals surface area contributed by atoms with Crippen LogP contribution >= 0.6 is 8.03 Å². The smallest absolute Gasteiger partial charge is 0.502 e. The van der Waals surface area contributed by atoms with Crippen LogP contribution in [0.25, 0.3) is 34.0 Å². The van der Waals surface area contributed by atoms with Gasteiger partial charge in [0.25, 0.3) is 0 Å². The van der Waals surface area contributed by atoms with Gasteiger partial charge >= 0.3 is 8.03 Å². The molecule has 0 aliphatic carbocycles. The number of aromatic nitrogens is 1. The van der Waals surface area contributed by atoms with Crippen LogP contribution in [-0.2, 0) is 4.57 Å². The van der Waals surface area contributed by atoms with Crippen LogP contribution < -0.4 is 24.6 Å². The summed E-state index contributed by atoms with van der Waals surface area (Å²) in [5.41, 5.74) is 4.02. The van der Waals surface area contributed by atoms with Crippen LogP contribution in [0.3, 0.4) is 0 Å². The van der Waals surface area contributed by atoms with Gasteiger partial charge in [-0.15, -0.1) is 0 Å². The quantitative estimate of drug-likeness (QED) is 0.313.